The van der Waals surface area contributed by atoms with Crippen LogP contribution in [-0.2, 0) is 0 Å². The zero-order valence-electron chi connectivity index (χ0n) is 8.74. The molecule has 1 N–H and O–H groups in total. The summed E-state index contributed by atoms with van der Waals surface area (Å²) in [6.07, 6.45) is 1.25. The maximum atomic E-state index is 9.25. The number of oxazole rings is 1. The Labute approximate surface area is 83.4 Å². The van der Waals surface area contributed by atoms with Crippen LogP contribution >= 0.6 is 0 Å². The lowest BCUT2D eigenvalue weighted by atomic mass is 10.3. The van der Waals surface area contributed by atoms with Gasteiger partial charge in [-0.15, -0.1) is 0 Å². The number of nitrogens with zero attached hydrogens (tertiary/aromatic N) is 1. The van der Waals surface area contributed by atoms with Gasteiger partial charge in [0.05, 0.1) is 0 Å². The van der Waals surface area contributed by atoms with E-state index < -0.39 is 0 Å². The van der Waals surface area contributed by atoms with Crippen LogP contribution < -0.4 is 0 Å². The zero-order chi connectivity index (χ0) is 10.6. The summed E-state index contributed by atoms with van der Waals surface area (Å²) in [7, 11) is 0. The van der Waals surface area contributed by atoms with Crippen molar-refractivity contribution < 1.29 is 9.52 Å². The third-order valence-electron chi connectivity index (χ3n) is 1.50. The topological polar surface area (TPSA) is 46.3 Å². The first-order valence-corrected chi connectivity index (χ1v) is 4.74. The summed E-state index contributed by atoms with van der Waals surface area (Å²) in [5.41, 5.74) is 1.16. The van der Waals surface area contributed by atoms with Crippen LogP contribution in [0.5, 0.6) is 5.75 Å². The molecule has 0 saturated heterocycles. The molecule has 0 saturated carbocycles. The van der Waals surface area contributed by atoms with Crippen molar-refractivity contribution in [1.29, 1.82) is 0 Å². The number of aromatic nitrogens is 1. The molecule has 1 heterocycles. The molecular weight excluding hydrogens is 178 g/mol. The molecule has 0 radical (unpaired) electrons. The predicted molar refractivity (Wildman–Crippen MR) is 56.4 cm³/mol. The molecule has 76 valence electrons. The van der Waals surface area contributed by atoms with E-state index >= 15 is 0 Å². The molecule has 0 spiro atoms. The fourth-order valence-corrected chi connectivity index (χ4v) is 1.05. The Morgan fingerprint density at radius 2 is 2.00 bits per heavy atom. The first-order chi connectivity index (χ1) is 6.69. The van der Waals surface area contributed by atoms with Crippen LogP contribution in [0.25, 0.3) is 11.1 Å². The van der Waals surface area contributed by atoms with E-state index in [2.05, 4.69) is 18.8 Å². The number of aromatic hydroxyl groups is 1. The molecule has 2 aromatic rings. The minimum absolute atomic E-state index is 0.142. The van der Waals surface area contributed by atoms with Crippen molar-refractivity contribution >= 4 is 11.1 Å². The van der Waals surface area contributed by atoms with Crippen LogP contribution in [0.2, 0.25) is 0 Å². The van der Waals surface area contributed by atoms with E-state index in [-0.39, 0.29) is 5.75 Å². The van der Waals surface area contributed by atoms with Gasteiger partial charge in [-0.1, -0.05) is 26.3 Å². The molecule has 0 unspecified atom stereocenters. The van der Waals surface area contributed by atoms with Crippen LogP contribution in [0, 0.1) is 6.92 Å². The fourth-order valence-electron chi connectivity index (χ4n) is 1.05. The summed E-state index contributed by atoms with van der Waals surface area (Å²) >= 11 is 0. The summed E-state index contributed by atoms with van der Waals surface area (Å²) in [5.74, 6) is 0.713. The zero-order valence-corrected chi connectivity index (χ0v) is 8.74. The van der Waals surface area contributed by atoms with Gasteiger partial charge >= 0.3 is 0 Å². The molecule has 1 aromatic heterocycles. The standard InChI is InChI=1S/C8H7NO2.C3H8/c1-5-9-6-3-2-4-7(10)8(6)11-5;1-3-2/h2-4,10H,1H3;3H2,1-2H3. The Kier molecular flexibility index (Phi) is 3.51. The first kappa shape index (κ1) is 10.6. The second-order valence-corrected chi connectivity index (χ2v) is 3.07. The van der Waals surface area contributed by atoms with Gasteiger partial charge in [0, 0.05) is 6.92 Å². The van der Waals surface area contributed by atoms with Gasteiger partial charge in [-0.2, -0.15) is 0 Å². The number of aryl methyl sites for hydroxylation is 1. The van der Waals surface area contributed by atoms with Gasteiger partial charge in [0.1, 0.15) is 5.52 Å². The van der Waals surface area contributed by atoms with Crippen LogP contribution in [-0.4, -0.2) is 10.1 Å². The van der Waals surface area contributed by atoms with Crippen LogP contribution in [0.15, 0.2) is 22.6 Å². The van der Waals surface area contributed by atoms with Gasteiger partial charge < -0.3 is 9.52 Å². The van der Waals surface area contributed by atoms with Crippen molar-refractivity contribution in [2.24, 2.45) is 0 Å². The minimum Gasteiger partial charge on any atom is -0.504 e. The van der Waals surface area contributed by atoms with Crippen molar-refractivity contribution in [3.05, 3.63) is 24.1 Å². The van der Waals surface area contributed by atoms with E-state index in [4.69, 9.17) is 4.42 Å². The van der Waals surface area contributed by atoms with Crippen molar-refractivity contribution in [2.75, 3.05) is 0 Å². The second kappa shape index (κ2) is 4.65. The van der Waals surface area contributed by atoms with Gasteiger partial charge in [0.2, 0.25) is 0 Å². The third-order valence-corrected chi connectivity index (χ3v) is 1.50. The molecule has 2 rings (SSSR count). The molecule has 0 fully saturated rings. The Morgan fingerprint density at radius 3 is 2.57 bits per heavy atom. The van der Waals surface area contributed by atoms with Gasteiger partial charge in [-0.05, 0) is 12.1 Å². The minimum atomic E-state index is 0.142. The number of fused-ring (bicyclic) bond motifs is 1. The number of hydrogen-bond donors (Lipinski definition) is 1. The molecule has 14 heavy (non-hydrogen) atoms. The smallest absolute Gasteiger partial charge is 0.196 e. The summed E-state index contributed by atoms with van der Waals surface area (Å²) in [4.78, 5) is 4.05. The highest BCUT2D eigenvalue weighted by atomic mass is 16.4. The Bertz CT molecular complexity index is 407. The highest BCUT2D eigenvalue weighted by Crippen LogP contribution is 2.24. The summed E-state index contributed by atoms with van der Waals surface area (Å²) in [6, 6.07) is 5.11. The Morgan fingerprint density at radius 1 is 1.36 bits per heavy atom. The Hall–Kier alpha value is -1.51. The van der Waals surface area contributed by atoms with Crippen molar-refractivity contribution in [3.8, 4) is 5.75 Å². The average molecular weight is 193 g/mol. The molecule has 1 aromatic carbocycles. The van der Waals surface area contributed by atoms with E-state index in [9.17, 15) is 5.11 Å². The van der Waals surface area contributed by atoms with Gasteiger partial charge in [0.25, 0.3) is 0 Å². The maximum Gasteiger partial charge on any atom is 0.196 e. The number of benzene rings is 1. The van der Waals surface area contributed by atoms with E-state index in [1.165, 1.54) is 6.42 Å². The lowest BCUT2D eigenvalue weighted by molar-refractivity contribution is 0.460. The average Bonchev–Trinajstić information content (AvgIpc) is 2.48. The van der Waals surface area contributed by atoms with Crippen molar-refractivity contribution in [3.63, 3.8) is 0 Å². The molecule has 0 aliphatic rings. The van der Waals surface area contributed by atoms with Crippen LogP contribution in [0.4, 0.5) is 0 Å². The monoisotopic (exact) mass is 193 g/mol. The van der Waals surface area contributed by atoms with Crippen molar-refractivity contribution in [1.82, 2.24) is 4.98 Å². The van der Waals surface area contributed by atoms with Crippen molar-refractivity contribution in [2.45, 2.75) is 27.2 Å². The number of phenolic OH excluding ortho intramolecular Hbond substituents is 1. The van der Waals surface area contributed by atoms with E-state index in [1.807, 2.05) is 0 Å². The summed E-state index contributed by atoms with van der Waals surface area (Å²) < 4.78 is 5.14. The first-order valence-electron chi connectivity index (χ1n) is 4.74. The predicted octanol–water partition coefficient (Wildman–Crippen LogP) is 3.26. The molecular formula is C11H15NO2. The molecule has 0 aliphatic carbocycles. The molecule has 0 atom stereocenters. The molecule has 0 aliphatic heterocycles. The van der Waals surface area contributed by atoms with Gasteiger partial charge in [0.15, 0.2) is 17.2 Å². The molecule has 0 amide bonds. The number of hydrogen-bond acceptors (Lipinski definition) is 3. The summed E-state index contributed by atoms with van der Waals surface area (Å²) in [6.45, 7) is 6.00. The SMILES string of the molecule is CCC.Cc1nc2cccc(O)c2o1. The van der Waals surface area contributed by atoms with Gasteiger partial charge in [-0.3, -0.25) is 0 Å². The normalized spacial score (nSPS) is 9.64. The maximum absolute atomic E-state index is 9.25. The second-order valence-electron chi connectivity index (χ2n) is 3.07. The van der Waals surface area contributed by atoms with Gasteiger partial charge in [-0.25, -0.2) is 4.98 Å². The van der Waals surface area contributed by atoms with E-state index in [1.54, 1.807) is 25.1 Å². The van der Waals surface area contributed by atoms with E-state index in [0.29, 0.717) is 17.0 Å². The largest absolute Gasteiger partial charge is 0.504 e. The highest BCUT2D eigenvalue weighted by molar-refractivity contribution is 5.78. The number of para-hydroxylation sites is 1. The van der Waals surface area contributed by atoms with E-state index in [0.717, 1.165) is 0 Å². The lowest BCUT2D eigenvalue weighted by Crippen LogP contribution is -1.67. The van der Waals surface area contributed by atoms with Crippen LogP contribution in [0.1, 0.15) is 26.2 Å². The molecule has 3 nitrogen and oxygen atoms in total. The number of rotatable bonds is 0. The number of phenols is 1. The molecule has 0 bridgehead atoms. The lowest BCUT2D eigenvalue weighted by Gasteiger charge is -1.88. The summed E-state index contributed by atoms with van der Waals surface area (Å²) in [5, 5.41) is 9.25. The van der Waals surface area contributed by atoms with Crippen LogP contribution in [0.3, 0.4) is 0 Å². The molecule has 3 heteroatoms. The Balaban J connectivity index is 0.000000293. The quantitative estimate of drug-likeness (QED) is 0.698. The fraction of sp³-hybridized carbons (Fsp3) is 0.364. The third kappa shape index (κ3) is 2.25. The highest BCUT2D eigenvalue weighted by Gasteiger charge is 2.04.